The predicted octanol–water partition coefficient (Wildman–Crippen LogP) is 2.50. The first-order valence-electron chi connectivity index (χ1n) is 7.40. The highest BCUT2D eigenvalue weighted by atomic mass is 35.5. The van der Waals surface area contributed by atoms with Crippen LogP contribution in [0.5, 0.6) is 0 Å². The predicted molar refractivity (Wildman–Crippen MR) is 92.5 cm³/mol. The molecule has 3 rings (SSSR count). The van der Waals surface area contributed by atoms with E-state index in [-0.39, 0.29) is 11.5 Å². The number of nitrogens with zero attached hydrogens (tertiary/aromatic N) is 1. The fraction of sp³-hybridized carbons (Fsp3) is 0.294. The molecule has 1 aliphatic heterocycles. The third-order valence-corrected chi connectivity index (χ3v) is 6.15. The topological polar surface area (TPSA) is 57.6 Å². The summed E-state index contributed by atoms with van der Waals surface area (Å²) >= 11 is 6.25. The molecule has 0 saturated carbocycles. The summed E-state index contributed by atoms with van der Waals surface area (Å²) in [6, 6.07) is 16.5. The molecule has 0 spiro atoms. The van der Waals surface area contributed by atoms with Crippen LogP contribution in [0.3, 0.4) is 0 Å². The van der Waals surface area contributed by atoms with Crippen LogP contribution in [0.15, 0.2) is 54.6 Å². The van der Waals surface area contributed by atoms with E-state index in [9.17, 15) is 13.5 Å². The number of para-hydroxylation sites is 1. The lowest BCUT2D eigenvalue weighted by Crippen LogP contribution is -2.43. The van der Waals surface area contributed by atoms with E-state index in [1.807, 2.05) is 59.5 Å². The monoisotopic (exact) mass is 351 g/mol. The van der Waals surface area contributed by atoms with Crippen molar-refractivity contribution >= 4 is 27.1 Å². The summed E-state index contributed by atoms with van der Waals surface area (Å²) in [7, 11) is -3.22. The molecule has 1 saturated heterocycles. The number of aliphatic hydroxyl groups is 1. The van der Waals surface area contributed by atoms with Crippen molar-refractivity contribution in [3.8, 4) is 0 Å². The molecule has 0 aliphatic carbocycles. The lowest BCUT2D eigenvalue weighted by Gasteiger charge is -2.32. The van der Waals surface area contributed by atoms with E-state index in [1.165, 1.54) is 0 Å². The van der Waals surface area contributed by atoms with Gasteiger partial charge in [0.15, 0.2) is 9.84 Å². The third kappa shape index (κ3) is 3.68. The summed E-state index contributed by atoms with van der Waals surface area (Å²) in [6.45, 7) is 0.445. The molecule has 2 atom stereocenters. The number of halogens is 1. The molecule has 0 radical (unpaired) electrons. The van der Waals surface area contributed by atoms with Crippen molar-refractivity contribution in [1.82, 2.24) is 0 Å². The molecule has 0 amide bonds. The van der Waals surface area contributed by atoms with E-state index in [2.05, 4.69) is 0 Å². The minimum absolute atomic E-state index is 0.0481. The first-order valence-corrected chi connectivity index (χ1v) is 9.60. The van der Waals surface area contributed by atoms with Crippen LogP contribution in [0.2, 0.25) is 5.02 Å². The van der Waals surface area contributed by atoms with Gasteiger partial charge in [0, 0.05) is 17.3 Å². The van der Waals surface area contributed by atoms with Crippen molar-refractivity contribution in [2.24, 2.45) is 0 Å². The van der Waals surface area contributed by atoms with Crippen molar-refractivity contribution in [2.75, 3.05) is 16.4 Å². The van der Waals surface area contributed by atoms with E-state index in [0.717, 1.165) is 11.3 Å². The number of anilines is 1. The summed E-state index contributed by atoms with van der Waals surface area (Å²) in [5, 5.41) is 10.9. The summed E-state index contributed by atoms with van der Waals surface area (Å²) < 4.78 is 23.8. The van der Waals surface area contributed by atoms with Crippen LogP contribution >= 0.6 is 11.6 Å². The number of aliphatic hydroxyl groups excluding tert-OH is 1. The van der Waals surface area contributed by atoms with Crippen molar-refractivity contribution in [3.63, 3.8) is 0 Å². The van der Waals surface area contributed by atoms with Gasteiger partial charge in [0.25, 0.3) is 0 Å². The molecular weight excluding hydrogens is 334 g/mol. The summed E-state index contributed by atoms with van der Waals surface area (Å²) in [6.07, 6.45) is -0.900. The maximum Gasteiger partial charge on any atom is 0.155 e. The molecule has 122 valence electrons. The van der Waals surface area contributed by atoms with Gasteiger partial charge in [0.1, 0.15) is 0 Å². The highest BCUT2D eigenvalue weighted by Gasteiger charge is 2.40. The van der Waals surface area contributed by atoms with E-state index < -0.39 is 22.0 Å². The first-order chi connectivity index (χ1) is 11.0. The van der Waals surface area contributed by atoms with Gasteiger partial charge in [-0.1, -0.05) is 48.0 Å². The number of sulfone groups is 1. The summed E-state index contributed by atoms with van der Waals surface area (Å²) in [5.74, 6) is -0.239. The van der Waals surface area contributed by atoms with Gasteiger partial charge in [-0.2, -0.15) is 0 Å². The van der Waals surface area contributed by atoms with E-state index >= 15 is 0 Å². The Hall–Kier alpha value is -1.56. The summed E-state index contributed by atoms with van der Waals surface area (Å²) in [4.78, 5) is 1.93. The Bertz CT molecular complexity index is 779. The maximum absolute atomic E-state index is 11.9. The zero-order valence-corrected chi connectivity index (χ0v) is 14.0. The van der Waals surface area contributed by atoms with Crippen LogP contribution in [0.4, 0.5) is 5.69 Å². The molecule has 0 unspecified atom stereocenters. The normalized spacial score (nSPS) is 22.9. The molecule has 0 bridgehead atoms. The molecule has 1 N–H and O–H groups in total. The van der Waals surface area contributed by atoms with E-state index in [0.29, 0.717) is 11.6 Å². The highest BCUT2D eigenvalue weighted by molar-refractivity contribution is 7.91. The van der Waals surface area contributed by atoms with Gasteiger partial charge in [0.05, 0.1) is 23.7 Å². The molecule has 0 aromatic heterocycles. The molecule has 1 aliphatic rings. The van der Waals surface area contributed by atoms with E-state index in [1.54, 1.807) is 0 Å². The molecule has 23 heavy (non-hydrogen) atoms. The second-order valence-electron chi connectivity index (χ2n) is 5.77. The molecule has 1 fully saturated rings. The Labute approximate surface area is 141 Å². The second-order valence-corrected chi connectivity index (χ2v) is 8.33. The molecule has 2 aromatic carbocycles. The van der Waals surface area contributed by atoms with Crippen molar-refractivity contribution in [2.45, 2.75) is 18.7 Å². The van der Waals surface area contributed by atoms with Crippen LogP contribution in [-0.4, -0.2) is 37.2 Å². The fourth-order valence-corrected chi connectivity index (χ4v) is 4.93. The SMILES string of the molecule is O=S1(=O)C[C@@H](N(Cc2ccccc2Cl)c2ccccc2)[C@@H](O)C1. The lowest BCUT2D eigenvalue weighted by atomic mass is 10.1. The minimum atomic E-state index is -3.22. The van der Waals surface area contributed by atoms with Crippen LogP contribution in [0.1, 0.15) is 5.56 Å². The highest BCUT2D eigenvalue weighted by Crippen LogP contribution is 2.28. The van der Waals surface area contributed by atoms with Gasteiger partial charge in [-0.15, -0.1) is 0 Å². The van der Waals surface area contributed by atoms with Gasteiger partial charge in [0.2, 0.25) is 0 Å². The van der Waals surface area contributed by atoms with Gasteiger partial charge in [-0.25, -0.2) is 8.42 Å². The Balaban J connectivity index is 1.97. The van der Waals surface area contributed by atoms with Crippen molar-refractivity contribution in [1.29, 1.82) is 0 Å². The first kappa shape index (κ1) is 16.3. The van der Waals surface area contributed by atoms with Crippen molar-refractivity contribution < 1.29 is 13.5 Å². The standard InChI is InChI=1S/C17H18ClNO3S/c18-15-9-5-4-6-13(15)10-19(14-7-2-1-3-8-14)16-11-23(21,22)12-17(16)20/h1-9,16-17,20H,10-12H2/t16-,17+/m1/s1. The quantitative estimate of drug-likeness (QED) is 0.919. The van der Waals surface area contributed by atoms with Gasteiger partial charge in [-0.05, 0) is 23.8 Å². The molecule has 4 nitrogen and oxygen atoms in total. The lowest BCUT2D eigenvalue weighted by molar-refractivity contribution is 0.178. The zero-order valence-electron chi connectivity index (χ0n) is 12.5. The third-order valence-electron chi connectivity index (χ3n) is 4.08. The minimum Gasteiger partial charge on any atom is -0.390 e. The Morgan fingerprint density at radius 2 is 1.70 bits per heavy atom. The average molecular weight is 352 g/mol. The number of rotatable bonds is 4. The average Bonchev–Trinajstić information content (AvgIpc) is 2.80. The Morgan fingerprint density at radius 3 is 2.30 bits per heavy atom. The molecule has 2 aromatic rings. The van der Waals surface area contributed by atoms with Crippen LogP contribution in [0.25, 0.3) is 0 Å². The second kappa shape index (κ2) is 6.51. The Morgan fingerprint density at radius 1 is 1.04 bits per heavy atom. The molecule has 1 heterocycles. The van der Waals surface area contributed by atoms with Crippen LogP contribution in [-0.2, 0) is 16.4 Å². The zero-order chi connectivity index (χ0) is 16.4. The van der Waals surface area contributed by atoms with Crippen molar-refractivity contribution in [3.05, 3.63) is 65.2 Å². The molecular formula is C17H18ClNO3S. The summed E-state index contributed by atoms with van der Waals surface area (Å²) in [5.41, 5.74) is 1.77. The number of hydrogen-bond donors (Lipinski definition) is 1. The number of hydrogen-bond acceptors (Lipinski definition) is 4. The van der Waals surface area contributed by atoms with Gasteiger partial charge < -0.3 is 10.0 Å². The van der Waals surface area contributed by atoms with Gasteiger partial charge in [-0.3, -0.25) is 0 Å². The largest absolute Gasteiger partial charge is 0.390 e. The maximum atomic E-state index is 11.9. The fourth-order valence-electron chi connectivity index (χ4n) is 2.94. The molecule has 6 heteroatoms. The van der Waals surface area contributed by atoms with Crippen LogP contribution in [0, 0.1) is 0 Å². The van der Waals surface area contributed by atoms with E-state index in [4.69, 9.17) is 11.6 Å². The number of benzene rings is 2. The van der Waals surface area contributed by atoms with Crippen LogP contribution < -0.4 is 4.90 Å². The van der Waals surface area contributed by atoms with Gasteiger partial charge >= 0.3 is 0 Å². The smallest absolute Gasteiger partial charge is 0.155 e. The Kier molecular flexibility index (Phi) is 4.62.